The zero-order valence-electron chi connectivity index (χ0n) is 17.5. The summed E-state index contributed by atoms with van der Waals surface area (Å²) in [6, 6.07) is 14.2. The lowest BCUT2D eigenvalue weighted by atomic mass is 9.56. The number of hydrogen-bond acceptors (Lipinski definition) is 2. The Morgan fingerprint density at radius 1 is 1.13 bits per heavy atom. The van der Waals surface area contributed by atoms with Crippen molar-refractivity contribution in [2.45, 2.75) is 31.6 Å². The predicted octanol–water partition coefficient (Wildman–Crippen LogP) is 6.24. The third-order valence-corrected chi connectivity index (χ3v) is 7.38. The fourth-order valence-electron chi connectivity index (χ4n) is 5.27. The topological polar surface area (TPSA) is 36.4 Å². The molecule has 6 heteroatoms. The van der Waals surface area contributed by atoms with Crippen LogP contribution < -0.4 is 4.90 Å². The van der Waals surface area contributed by atoms with Crippen LogP contribution in [0.2, 0.25) is 5.02 Å². The Balaban J connectivity index is 1.23. The summed E-state index contributed by atoms with van der Waals surface area (Å²) in [6.45, 7) is 1.55. The van der Waals surface area contributed by atoms with Gasteiger partial charge in [-0.25, -0.2) is 9.18 Å². The molecule has 1 saturated carbocycles. The zero-order valence-corrected chi connectivity index (χ0v) is 18.3. The molecule has 2 heterocycles. The standard InChI is InChI=1S/C25H25ClFN3O/c1-29(20-5-2-18(26)3-6-20)24(31)30-12-9-25(10-13-30)15-17(16-25)21-8-11-28-23-7-4-19(27)14-22(21)23/h2-8,11,14,17H,9-10,12-13,15-16H2,1H3. The Kier molecular flexibility index (Phi) is 5.09. The number of aromatic nitrogens is 1. The first kappa shape index (κ1) is 20.3. The number of hydrogen-bond donors (Lipinski definition) is 0. The summed E-state index contributed by atoms with van der Waals surface area (Å²) in [5.41, 5.74) is 3.19. The van der Waals surface area contributed by atoms with Crippen molar-refractivity contribution in [1.29, 1.82) is 0 Å². The van der Waals surface area contributed by atoms with Gasteiger partial charge in [-0.3, -0.25) is 9.88 Å². The fourth-order valence-corrected chi connectivity index (χ4v) is 5.40. The monoisotopic (exact) mass is 437 g/mol. The highest BCUT2D eigenvalue weighted by molar-refractivity contribution is 6.30. The van der Waals surface area contributed by atoms with E-state index < -0.39 is 0 Å². The normalized spacial score (nSPS) is 18.2. The van der Waals surface area contributed by atoms with Gasteiger partial charge in [-0.1, -0.05) is 11.6 Å². The number of pyridine rings is 1. The minimum atomic E-state index is -0.215. The minimum absolute atomic E-state index is 0.0312. The molecule has 2 fully saturated rings. The number of carbonyl (C=O) groups is 1. The lowest BCUT2D eigenvalue weighted by molar-refractivity contribution is 0.0287. The van der Waals surface area contributed by atoms with Gasteiger partial charge in [-0.05, 0) is 91.1 Å². The van der Waals surface area contributed by atoms with Crippen molar-refractivity contribution >= 4 is 34.2 Å². The fraction of sp³-hybridized carbons (Fsp3) is 0.360. The van der Waals surface area contributed by atoms with E-state index in [1.807, 2.05) is 36.3 Å². The van der Waals surface area contributed by atoms with Gasteiger partial charge in [-0.2, -0.15) is 0 Å². The Morgan fingerprint density at radius 2 is 1.84 bits per heavy atom. The van der Waals surface area contributed by atoms with Crippen LogP contribution in [-0.2, 0) is 0 Å². The summed E-state index contributed by atoms with van der Waals surface area (Å²) in [7, 11) is 1.81. The molecule has 3 aromatic rings. The molecule has 0 unspecified atom stereocenters. The molecule has 160 valence electrons. The molecule has 1 spiro atoms. The Morgan fingerprint density at radius 3 is 2.55 bits per heavy atom. The maximum Gasteiger partial charge on any atom is 0.324 e. The quantitative estimate of drug-likeness (QED) is 0.475. The van der Waals surface area contributed by atoms with Crippen LogP contribution in [0.25, 0.3) is 10.9 Å². The van der Waals surface area contributed by atoms with Crippen molar-refractivity contribution in [3.05, 3.63) is 71.1 Å². The first-order chi connectivity index (χ1) is 14.9. The average molecular weight is 438 g/mol. The lowest BCUT2D eigenvalue weighted by Gasteiger charge is -2.53. The van der Waals surface area contributed by atoms with E-state index in [1.165, 1.54) is 11.6 Å². The summed E-state index contributed by atoms with van der Waals surface area (Å²) in [6.07, 6.45) is 6.05. The van der Waals surface area contributed by atoms with Gasteiger partial charge in [0.25, 0.3) is 0 Å². The minimum Gasteiger partial charge on any atom is -0.324 e. The number of rotatable bonds is 2. The highest BCUT2D eigenvalue weighted by Gasteiger charge is 2.47. The maximum atomic E-state index is 13.8. The van der Waals surface area contributed by atoms with Crippen LogP contribution in [0.3, 0.4) is 0 Å². The molecule has 2 aromatic carbocycles. The Hall–Kier alpha value is -2.66. The molecule has 1 saturated heterocycles. The summed E-state index contributed by atoms with van der Waals surface area (Å²) in [5, 5.41) is 1.59. The second kappa shape index (κ2) is 7.79. The van der Waals surface area contributed by atoms with E-state index in [0.29, 0.717) is 16.4 Å². The van der Waals surface area contributed by atoms with Crippen LogP contribution in [0, 0.1) is 11.2 Å². The molecule has 5 rings (SSSR count). The molecule has 0 atom stereocenters. The molecule has 1 aromatic heterocycles. The molecule has 2 amide bonds. The van der Waals surface area contributed by atoms with Crippen LogP contribution in [-0.4, -0.2) is 36.1 Å². The van der Waals surface area contributed by atoms with Crippen LogP contribution in [0.15, 0.2) is 54.7 Å². The van der Waals surface area contributed by atoms with Crippen LogP contribution in [0.5, 0.6) is 0 Å². The summed E-state index contributed by atoms with van der Waals surface area (Å²) >= 11 is 5.96. The van der Waals surface area contributed by atoms with Crippen molar-refractivity contribution in [3.8, 4) is 0 Å². The van der Waals surface area contributed by atoms with Crippen molar-refractivity contribution < 1.29 is 9.18 Å². The lowest BCUT2D eigenvalue weighted by Crippen LogP contribution is -2.51. The van der Waals surface area contributed by atoms with E-state index in [1.54, 1.807) is 29.2 Å². The highest BCUT2D eigenvalue weighted by atomic mass is 35.5. The van der Waals surface area contributed by atoms with Crippen LogP contribution in [0.1, 0.15) is 37.2 Å². The predicted molar refractivity (Wildman–Crippen MR) is 122 cm³/mol. The summed E-state index contributed by atoms with van der Waals surface area (Å²) in [4.78, 5) is 21.0. The smallest absolute Gasteiger partial charge is 0.324 e. The van der Waals surface area contributed by atoms with E-state index in [-0.39, 0.29) is 11.8 Å². The first-order valence-electron chi connectivity index (χ1n) is 10.8. The number of piperidine rings is 1. The number of benzene rings is 2. The molecule has 4 nitrogen and oxygen atoms in total. The molecule has 2 aliphatic rings. The molecule has 0 bridgehead atoms. The number of carbonyl (C=O) groups excluding carboxylic acids is 1. The molecule has 31 heavy (non-hydrogen) atoms. The van der Waals surface area contributed by atoms with Gasteiger partial charge < -0.3 is 4.90 Å². The molecular weight excluding hydrogens is 413 g/mol. The average Bonchev–Trinajstić information content (AvgIpc) is 2.77. The van der Waals surface area contributed by atoms with Crippen LogP contribution >= 0.6 is 11.6 Å². The van der Waals surface area contributed by atoms with E-state index in [2.05, 4.69) is 4.98 Å². The number of nitrogens with zero attached hydrogens (tertiary/aromatic N) is 3. The largest absolute Gasteiger partial charge is 0.324 e. The first-order valence-corrected chi connectivity index (χ1v) is 11.1. The maximum absolute atomic E-state index is 13.8. The van der Waals surface area contributed by atoms with Crippen molar-refractivity contribution in [2.75, 3.05) is 25.0 Å². The number of likely N-dealkylation sites (tertiary alicyclic amines) is 1. The molecular formula is C25H25ClFN3O. The van der Waals surface area contributed by atoms with Gasteiger partial charge in [0.2, 0.25) is 0 Å². The third kappa shape index (κ3) is 3.76. The Bertz CT molecular complexity index is 1120. The number of amides is 2. The second-order valence-corrected chi connectivity index (χ2v) is 9.41. The van der Waals surface area contributed by atoms with Crippen LogP contribution in [0.4, 0.5) is 14.9 Å². The summed E-state index contributed by atoms with van der Waals surface area (Å²) in [5.74, 6) is 0.221. The highest BCUT2D eigenvalue weighted by Crippen LogP contribution is 2.57. The summed E-state index contributed by atoms with van der Waals surface area (Å²) < 4.78 is 13.8. The van der Waals surface area contributed by atoms with Gasteiger partial charge >= 0.3 is 6.03 Å². The SMILES string of the molecule is CN(C(=O)N1CCC2(CC1)CC(c1ccnc3ccc(F)cc13)C2)c1ccc(Cl)cc1. The van der Waals surface area contributed by atoms with E-state index in [0.717, 1.165) is 55.4 Å². The third-order valence-electron chi connectivity index (χ3n) is 7.13. The van der Waals surface area contributed by atoms with Gasteiger partial charge in [0.05, 0.1) is 5.52 Å². The second-order valence-electron chi connectivity index (χ2n) is 8.97. The van der Waals surface area contributed by atoms with Gasteiger partial charge in [0, 0.05) is 42.4 Å². The van der Waals surface area contributed by atoms with Crippen molar-refractivity contribution in [3.63, 3.8) is 0 Å². The van der Waals surface area contributed by atoms with E-state index >= 15 is 0 Å². The van der Waals surface area contributed by atoms with Gasteiger partial charge in [-0.15, -0.1) is 0 Å². The van der Waals surface area contributed by atoms with Gasteiger partial charge in [0.15, 0.2) is 0 Å². The number of halogens is 2. The number of fused-ring (bicyclic) bond motifs is 1. The van der Waals surface area contributed by atoms with E-state index in [4.69, 9.17) is 11.6 Å². The molecule has 0 radical (unpaired) electrons. The van der Waals surface area contributed by atoms with Gasteiger partial charge in [0.1, 0.15) is 5.82 Å². The number of anilines is 1. The zero-order chi connectivity index (χ0) is 21.6. The van der Waals surface area contributed by atoms with Crippen molar-refractivity contribution in [1.82, 2.24) is 9.88 Å². The molecule has 0 N–H and O–H groups in total. The molecule has 1 aliphatic heterocycles. The Labute approximate surface area is 186 Å². The molecule has 1 aliphatic carbocycles. The number of urea groups is 1. The van der Waals surface area contributed by atoms with Crippen molar-refractivity contribution in [2.24, 2.45) is 5.41 Å². The van der Waals surface area contributed by atoms with E-state index in [9.17, 15) is 9.18 Å².